The molecule has 1 heterocycles. The Labute approximate surface area is 185 Å². The molecule has 1 fully saturated rings. The van der Waals surface area contributed by atoms with Crippen LogP contribution >= 0.6 is 23.2 Å². The van der Waals surface area contributed by atoms with Gasteiger partial charge in [-0.15, -0.1) is 0 Å². The Bertz CT molecular complexity index is 1070. The largest absolute Gasteiger partial charge is 0.336 e. The molecule has 160 valence electrons. The van der Waals surface area contributed by atoms with Crippen LogP contribution in [0.1, 0.15) is 10.4 Å². The third-order valence-corrected chi connectivity index (χ3v) is 6.54. The van der Waals surface area contributed by atoms with Crippen LogP contribution in [0.5, 0.6) is 0 Å². The van der Waals surface area contributed by atoms with E-state index >= 15 is 0 Å². The number of carbonyl (C=O) groups is 2. The first-order valence-corrected chi connectivity index (χ1v) is 11.9. The van der Waals surface area contributed by atoms with Gasteiger partial charge in [-0.3, -0.25) is 14.5 Å². The summed E-state index contributed by atoms with van der Waals surface area (Å²) in [6.45, 7) is 2.11. The van der Waals surface area contributed by atoms with Crippen molar-refractivity contribution in [1.82, 2.24) is 9.80 Å². The summed E-state index contributed by atoms with van der Waals surface area (Å²) in [5.74, 6) is -0.442. The highest BCUT2D eigenvalue weighted by Crippen LogP contribution is 2.25. The number of halogens is 2. The Balaban J connectivity index is 1.56. The molecular weight excluding hydrogens is 449 g/mol. The van der Waals surface area contributed by atoms with Gasteiger partial charge in [0.25, 0.3) is 5.91 Å². The van der Waals surface area contributed by atoms with Crippen molar-refractivity contribution < 1.29 is 18.0 Å². The molecule has 1 saturated heterocycles. The van der Waals surface area contributed by atoms with Gasteiger partial charge in [-0.1, -0.05) is 35.3 Å². The lowest BCUT2D eigenvalue weighted by molar-refractivity contribution is -0.117. The number of piperazine rings is 1. The summed E-state index contributed by atoms with van der Waals surface area (Å²) < 4.78 is 23.4. The van der Waals surface area contributed by atoms with E-state index in [0.29, 0.717) is 36.8 Å². The molecule has 2 aromatic carbocycles. The molecule has 1 aliphatic heterocycles. The molecule has 30 heavy (non-hydrogen) atoms. The second-order valence-electron chi connectivity index (χ2n) is 7.01. The van der Waals surface area contributed by atoms with Crippen LogP contribution in [0.4, 0.5) is 5.69 Å². The topological polar surface area (TPSA) is 86.8 Å². The summed E-state index contributed by atoms with van der Waals surface area (Å²) in [4.78, 5) is 28.7. The van der Waals surface area contributed by atoms with Crippen LogP contribution in [-0.4, -0.2) is 69.0 Å². The Kier molecular flexibility index (Phi) is 7.02. The highest BCUT2D eigenvalue weighted by atomic mass is 35.5. The van der Waals surface area contributed by atoms with Crippen molar-refractivity contribution in [3.8, 4) is 0 Å². The standard InChI is InChI=1S/C20H21Cl2N3O4S/c1-30(28,29)14-6-7-17(22)18(12-14)23-19(26)13-24-8-10-25(11-9-24)20(27)15-4-2-3-5-16(15)21/h2-7,12H,8-11,13H2,1H3,(H,23,26). The maximum atomic E-state index is 12.6. The highest BCUT2D eigenvalue weighted by Gasteiger charge is 2.24. The summed E-state index contributed by atoms with van der Waals surface area (Å²) in [6.07, 6.45) is 1.09. The summed E-state index contributed by atoms with van der Waals surface area (Å²) >= 11 is 12.2. The molecule has 3 rings (SSSR count). The number of rotatable bonds is 5. The average Bonchev–Trinajstić information content (AvgIpc) is 2.69. The maximum Gasteiger partial charge on any atom is 0.255 e. The van der Waals surface area contributed by atoms with Crippen molar-refractivity contribution in [3.05, 3.63) is 58.1 Å². The Morgan fingerprint density at radius 2 is 1.67 bits per heavy atom. The molecule has 0 unspecified atom stereocenters. The number of amides is 2. The van der Waals surface area contributed by atoms with Crippen molar-refractivity contribution >= 4 is 50.5 Å². The van der Waals surface area contributed by atoms with E-state index in [1.54, 1.807) is 29.2 Å². The van der Waals surface area contributed by atoms with Crippen molar-refractivity contribution in [2.24, 2.45) is 0 Å². The summed E-state index contributed by atoms with van der Waals surface area (Å²) in [5.41, 5.74) is 0.711. The van der Waals surface area contributed by atoms with Gasteiger partial charge in [0.15, 0.2) is 9.84 Å². The molecule has 0 aliphatic carbocycles. The van der Waals surface area contributed by atoms with Crippen LogP contribution in [0, 0.1) is 0 Å². The van der Waals surface area contributed by atoms with Crippen LogP contribution in [0.15, 0.2) is 47.4 Å². The molecule has 0 saturated carbocycles. The zero-order valence-electron chi connectivity index (χ0n) is 16.3. The van der Waals surface area contributed by atoms with E-state index in [4.69, 9.17) is 23.2 Å². The predicted molar refractivity (Wildman–Crippen MR) is 117 cm³/mol. The normalized spacial score (nSPS) is 15.1. The van der Waals surface area contributed by atoms with E-state index in [1.165, 1.54) is 18.2 Å². The van der Waals surface area contributed by atoms with Gasteiger partial charge in [0, 0.05) is 32.4 Å². The first-order chi connectivity index (χ1) is 14.1. The zero-order chi connectivity index (χ0) is 21.9. The van der Waals surface area contributed by atoms with E-state index in [0.717, 1.165) is 6.26 Å². The van der Waals surface area contributed by atoms with Crippen LogP contribution in [0.2, 0.25) is 10.0 Å². The number of carbonyl (C=O) groups excluding carboxylic acids is 2. The second-order valence-corrected chi connectivity index (χ2v) is 9.84. The van der Waals surface area contributed by atoms with Crippen molar-refractivity contribution in [3.63, 3.8) is 0 Å². The van der Waals surface area contributed by atoms with Gasteiger partial charge in [-0.25, -0.2) is 8.42 Å². The number of hydrogen-bond acceptors (Lipinski definition) is 5. The molecule has 1 N–H and O–H groups in total. The SMILES string of the molecule is CS(=O)(=O)c1ccc(Cl)c(NC(=O)CN2CCN(C(=O)c3ccccc3Cl)CC2)c1. The van der Waals surface area contributed by atoms with Crippen LogP contribution in [-0.2, 0) is 14.6 Å². The molecule has 2 amide bonds. The van der Waals surface area contributed by atoms with Crippen LogP contribution < -0.4 is 5.32 Å². The Morgan fingerprint density at radius 3 is 2.30 bits per heavy atom. The monoisotopic (exact) mass is 469 g/mol. The van der Waals surface area contributed by atoms with Gasteiger partial charge in [-0.2, -0.15) is 0 Å². The van der Waals surface area contributed by atoms with Gasteiger partial charge < -0.3 is 10.2 Å². The number of hydrogen-bond donors (Lipinski definition) is 1. The fourth-order valence-corrected chi connectivity index (χ4v) is 4.17. The third kappa shape index (κ3) is 5.51. The quantitative estimate of drug-likeness (QED) is 0.727. The molecule has 0 aromatic heterocycles. The zero-order valence-corrected chi connectivity index (χ0v) is 18.6. The van der Waals surface area contributed by atoms with E-state index in [9.17, 15) is 18.0 Å². The fourth-order valence-electron chi connectivity index (χ4n) is 3.14. The molecule has 0 bridgehead atoms. The lowest BCUT2D eigenvalue weighted by atomic mass is 10.2. The minimum Gasteiger partial charge on any atom is -0.336 e. The van der Waals surface area contributed by atoms with Crippen molar-refractivity contribution in [2.75, 3.05) is 44.3 Å². The molecule has 1 aliphatic rings. The number of nitrogens with zero attached hydrogens (tertiary/aromatic N) is 2. The van der Waals surface area contributed by atoms with Crippen molar-refractivity contribution in [2.45, 2.75) is 4.90 Å². The van der Waals surface area contributed by atoms with Crippen LogP contribution in [0.25, 0.3) is 0 Å². The predicted octanol–water partition coefficient (Wildman–Crippen LogP) is 2.79. The summed E-state index contributed by atoms with van der Waals surface area (Å²) in [5, 5.41) is 3.33. The van der Waals surface area contributed by atoms with Gasteiger partial charge >= 0.3 is 0 Å². The minimum atomic E-state index is -3.41. The Morgan fingerprint density at radius 1 is 1.00 bits per heavy atom. The first-order valence-electron chi connectivity index (χ1n) is 9.21. The molecule has 7 nitrogen and oxygen atoms in total. The maximum absolute atomic E-state index is 12.6. The highest BCUT2D eigenvalue weighted by molar-refractivity contribution is 7.90. The lowest BCUT2D eigenvalue weighted by Crippen LogP contribution is -2.50. The second kappa shape index (κ2) is 9.34. The van der Waals surface area contributed by atoms with Crippen LogP contribution in [0.3, 0.4) is 0 Å². The molecular formula is C20H21Cl2N3O4S. The third-order valence-electron chi connectivity index (χ3n) is 4.77. The molecule has 2 aromatic rings. The van der Waals surface area contributed by atoms with E-state index in [2.05, 4.69) is 5.32 Å². The van der Waals surface area contributed by atoms with Gasteiger partial charge in [0.2, 0.25) is 5.91 Å². The van der Waals surface area contributed by atoms with E-state index in [-0.39, 0.29) is 34.0 Å². The van der Waals surface area contributed by atoms with E-state index < -0.39 is 9.84 Å². The van der Waals surface area contributed by atoms with Gasteiger partial charge in [0.05, 0.1) is 32.7 Å². The smallest absolute Gasteiger partial charge is 0.255 e. The minimum absolute atomic E-state index is 0.0777. The molecule has 0 atom stereocenters. The number of benzene rings is 2. The molecule has 0 spiro atoms. The first kappa shape index (κ1) is 22.6. The molecule has 0 radical (unpaired) electrons. The molecule has 10 heteroatoms. The number of anilines is 1. The number of sulfone groups is 1. The average molecular weight is 470 g/mol. The summed E-state index contributed by atoms with van der Waals surface area (Å²) in [7, 11) is -3.41. The van der Waals surface area contributed by atoms with Gasteiger partial charge in [0.1, 0.15) is 0 Å². The van der Waals surface area contributed by atoms with Crippen molar-refractivity contribution in [1.29, 1.82) is 0 Å². The van der Waals surface area contributed by atoms with E-state index in [1.807, 2.05) is 4.90 Å². The van der Waals surface area contributed by atoms with Gasteiger partial charge in [-0.05, 0) is 30.3 Å². The summed E-state index contributed by atoms with van der Waals surface area (Å²) in [6, 6.07) is 11.1. The number of nitrogens with one attached hydrogen (secondary N) is 1. The Hall–Kier alpha value is -2.13. The lowest BCUT2D eigenvalue weighted by Gasteiger charge is -2.34. The fraction of sp³-hybridized carbons (Fsp3) is 0.300.